The Balaban J connectivity index is 1.73. The minimum absolute atomic E-state index is 0.0606. The standard InChI is InChI=1S/C24H27F2N3O2/c1-16(30)13-29(14-17-8-9-17)15-20-23(18-6-4-3-5-7-18)27-28(2)24(20)31-22-11-10-19(25)12-21(22)26/h3-7,10-12,16-17,30H,8-9,13-15H2,1-2H3/t16-/m0/s1. The number of rotatable bonds is 9. The molecule has 0 saturated heterocycles. The number of hydrogen-bond donors (Lipinski definition) is 1. The molecule has 0 radical (unpaired) electrons. The van der Waals surface area contributed by atoms with Gasteiger partial charge in [0.1, 0.15) is 11.5 Å². The predicted octanol–water partition coefficient (Wildman–Crippen LogP) is 4.75. The molecule has 7 heteroatoms. The van der Waals surface area contributed by atoms with Gasteiger partial charge in [-0.2, -0.15) is 5.10 Å². The summed E-state index contributed by atoms with van der Waals surface area (Å²) in [4.78, 5) is 2.19. The van der Waals surface area contributed by atoms with E-state index in [2.05, 4.69) is 10.00 Å². The van der Waals surface area contributed by atoms with Crippen LogP contribution in [0.1, 0.15) is 25.3 Å². The van der Waals surface area contributed by atoms with Crippen LogP contribution in [0.25, 0.3) is 11.3 Å². The minimum Gasteiger partial charge on any atom is -0.436 e. The molecule has 0 amide bonds. The van der Waals surface area contributed by atoms with Crippen LogP contribution in [0.15, 0.2) is 48.5 Å². The SMILES string of the molecule is C[C@H](O)CN(Cc1c(-c2ccccc2)nn(C)c1Oc1ccc(F)cc1F)CC1CC1. The van der Waals surface area contributed by atoms with Gasteiger partial charge < -0.3 is 9.84 Å². The van der Waals surface area contributed by atoms with Crippen LogP contribution >= 0.6 is 0 Å². The number of ether oxygens (including phenoxy) is 1. The van der Waals surface area contributed by atoms with Gasteiger partial charge in [0.15, 0.2) is 11.6 Å². The van der Waals surface area contributed by atoms with Gasteiger partial charge in [-0.05, 0) is 37.8 Å². The average molecular weight is 427 g/mol. The van der Waals surface area contributed by atoms with Crippen molar-refractivity contribution in [2.24, 2.45) is 13.0 Å². The summed E-state index contributed by atoms with van der Waals surface area (Å²) >= 11 is 0. The maximum Gasteiger partial charge on any atom is 0.222 e. The summed E-state index contributed by atoms with van der Waals surface area (Å²) in [6.07, 6.45) is 1.91. The van der Waals surface area contributed by atoms with Crippen LogP contribution in [-0.2, 0) is 13.6 Å². The average Bonchev–Trinajstić information content (AvgIpc) is 3.49. The van der Waals surface area contributed by atoms with E-state index in [1.807, 2.05) is 30.3 Å². The summed E-state index contributed by atoms with van der Waals surface area (Å²) in [5.41, 5.74) is 2.47. The number of benzene rings is 2. The number of halogens is 2. The molecule has 5 nitrogen and oxygen atoms in total. The smallest absolute Gasteiger partial charge is 0.222 e. The Morgan fingerprint density at radius 3 is 2.58 bits per heavy atom. The second kappa shape index (κ2) is 9.16. The van der Waals surface area contributed by atoms with E-state index in [0.29, 0.717) is 24.9 Å². The van der Waals surface area contributed by atoms with Crippen molar-refractivity contribution in [3.05, 3.63) is 65.7 Å². The highest BCUT2D eigenvalue weighted by atomic mass is 19.1. The normalized spacial score (nSPS) is 14.8. The van der Waals surface area contributed by atoms with Crippen LogP contribution in [0.5, 0.6) is 11.6 Å². The lowest BCUT2D eigenvalue weighted by atomic mass is 10.1. The van der Waals surface area contributed by atoms with Gasteiger partial charge in [0.25, 0.3) is 0 Å². The molecular formula is C24H27F2N3O2. The van der Waals surface area contributed by atoms with Crippen molar-refractivity contribution in [2.45, 2.75) is 32.4 Å². The molecule has 0 spiro atoms. The first-order valence-electron chi connectivity index (χ1n) is 10.6. The molecule has 31 heavy (non-hydrogen) atoms. The van der Waals surface area contributed by atoms with E-state index in [1.54, 1.807) is 18.7 Å². The highest BCUT2D eigenvalue weighted by Crippen LogP contribution is 2.36. The summed E-state index contributed by atoms with van der Waals surface area (Å²) in [6, 6.07) is 13.0. The largest absolute Gasteiger partial charge is 0.436 e. The lowest BCUT2D eigenvalue weighted by Crippen LogP contribution is -2.32. The quantitative estimate of drug-likeness (QED) is 0.535. The second-order valence-electron chi connectivity index (χ2n) is 8.29. The third-order valence-electron chi connectivity index (χ3n) is 5.35. The zero-order chi connectivity index (χ0) is 22.0. The second-order valence-corrected chi connectivity index (χ2v) is 8.29. The first kappa shape index (κ1) is 21.5. The third-order valence-corrected chi connectivity index (χ3v) is 5.35. The molecule has 0 bridgehead atoms. The molecule has 164 valence electrons. The maximum atomic E-state index is 14.3. The lowest BCUT2D eigenvalue weighted by molar-refractivity contribution is 0.119. The van der Waals surface area contributed by atoms with Gasteiger partial charge in [-0.15, -0.1) is 0 Å². The Labute approximate surface area is 180 Å². The monoisotopic (exact) mass is 427 g/mol. The highest BCUT2D eigenvalue weighted by Gasteiger charge is 2.28. The summed E-state index contributed by atoms with van der Waals surface area (Å²) in [5, 5.41) is 14.7. The molecule has 1 aromatic heterocycles. The molecule has 0 unspecified atom stereocenters. The van der Waals surface area contributed by atoms with Crippen LogP contribution in [0, 0.1) is 17.6 Å². The minimum atomic E-state index is -0.771. The molecular weight excluding hydrogens is 400 g/mol. The van der Waals surface area contributed by atoms with E-state index in [9.17, 15) is 13.9 Å². The van der Waals surface area contributed by atoms with Crippen LogP contribution in [0.4, 0.5) is 8.78 Å². The number of aliphatic hydroxyl groups is 1. The molecule has 1 atom stereocenters. The van der Waals surface area contributed by atoms with Crippen molar-refractivity contribution in [1.29, 1.82) is 0 Å². The molecule has 1 N–H and O–H groups in total. The topological polar surface area (TPSA) is 50.5 Å². The van der Waals surface area contributed by atoms with E-state index >= 15 is 0 Å². The van der Waals surface area contributed by atoms with Crippen LogP contribution < -0.4 is 4.74 Å². The first-order valence-corrected chi connectivity index (χ1v) is 10.6. The van der Waals surface area contributed by atoms with Crippen LogP contribution in [0.2, 0.25) is 0 Å². The fourth-order valence-corrected chi connectivity index (χ4v) is 3.78. The summed E-state index contributed by atoms with van der Waals surface area (Å²) in [7, 11) is 1.74. The van der Waals surface area contributed by atoms with Gasteiger partial charge in [-0.25, -0.2) is 13.5 Å². The summed E-state index contributed by atoms with van der Waals surface area (Å²) in [6.45, 7) is 3.66. The van der Waals surface area contributed by atoms with E-state index in [0.717, 1.165) is 29.4 Å². The zero-order valence-electron chi connectivity index (χ0n) is 17.8. The summed E-state index contributed by atoms with van der Waals surface area (Å²) < 4.78 is 35.2. The molecule has 1 aliphatic carbocycles. The van der Waals surface area contributed by atoms with E-state index < -0.39 is 17.7 Å². The Kier molecular flexibility index (Phi) is 6.34. The summed E-state index contributed by atoms with van der Waals surface area (Å²) in [5.74, 6) is -0.459. The van der Waals surface area contributed by atoms with Gasteiger partial charge in [0.2, 0.25) is 5.88 Å². The van der Waals surface area contributed by atoms with Crippen molar-refractivity contribution in [3.8, 4) is 22.9 Å². The molecule has 2 aromatic carbocycles. The van der Waals surface area contributed by atoms with Gasteiger partial charge in [0.05, 0.1) is 11.7 Å². The predicted molar refractivity (Wildman–Crippen MR) is 115 cm³/mol. The number of aromatic nitrogens is 2. The molecule has 1 fully saturated rings. The fraction of sp³-hybridized carbons (Fsp3) is 0.375. The third kappa shape index (κ3) is 5.29. The molecule has 1 heterocycles. The molecule has 0 aliphatic heterocycles. The molecule has 3 aromatic rings. The number of aryl methyl sites for hydroxylation is 1. The van der Waals surface area contributed by atoms with E-state index in [1.165, 1.54) is 25.0 Å². The van der Waals surface area contributed by atoms with Gasteiger partial charge in [0, 0.05) is 38.3 Å². The van der Waals surface area contributed by atoms with Gasteiger partial charge in [-0.1, -0.05) is 30.3 Å². The van der Waals surface area contributed by atoms with E-state index in [4.69, 9.17) is 4.74 Å². The molecule has 4 rings (SSSR count). The maximum absolute atomic E-state index is 14.3. The molecule has 1 saturated carbocycles. The van der Waals surface area contributed by atoms with E-state index in [-0.39, 0.29) is 5.75 Å². The Morgan fingerprint density at radius 2 is 1.94 bits per heavy atom. The van der Waals surface area contributed by atoms with Crippen molar-refractivity contribution < 1.29 is 18.6 Å². The van der Waals surface area contributed by atoms with Crippen LogP contribution in [0.3, 0.4) is 0 Å². The Hall–Kier alpha value is -2.77. The fourth-order valence-electron chi connectivity index (χ4n) is 3.78. The van der Waals surface area contributed by atoms with Crippen molar-refractivity contribution in [1.82, 2.24) is 14.7 Å². The number of aliphatic hydroxyl groups excluding tert-OH is 1. The van der Waals surface area contributed by atoms with Crippen molar-refractivity contribution in [3.63, 3.8) is 0 Å². The number of hydrogen-bond acceptors (Lipinski definition) is 4. The Bertz CT molecular complexity index is 1030. The Morgan fingerprint density at radius 1 is 1.19 bits per heavy atom. The zero-order valence-corrected chi connectivity index (χ0v) is 17.8. The van der Waals surface area contributed by atoms with Gasteiger partial charge in [-0.3, -0.25) is 4.90 Å². The number of nitrogens with zero attached hydrogens (tertiary/aromatic N) is 3. The highest BCUT2D eigenvalue weighted by molar-refractivity contribution is 5.65. The van der Waals surface area contributed by atoms with Crippen molar-refractivity contribution >= 4 is 0 Å². The molecule has 1 aliphatic rings. The van der Waals surface area contributed by atoms with Gasteiger partial charge >= 0.3 is 0 Å². The van der Waals surface area contributed by atoms with Crippen LogP contribution in [-0.4, -0.2) is 39.0 Å². The lowest BCUT2D eigenvalue weighted by Gasteiger charge is -2.24. The van der Waals surface area contributed by atoms with Crippen molar-refractivity contribution in [2.75, 3.05) is 13.1 Å². The first-order chi connectivity index (χ1) is 14.9.